The van der Waals surface area contributed by atoms with Gasteiger partial charge in [0.25, 0.3) is 0 Å². The molecule has 2 rings (SSSR count). The molecule has 1 aromatic rings. The Bertz CT molecular complexity index is 660. The van der Waals surface area contributed by atoms with Crippen molar-refractivity contribution >= 4 is 34.6 Å². The second-order valence-corrected chi connectivity index (χ2v) is 6.46. The minimum absolute atomic E-state index is 0.180. The molecule has 0 spiro atoms. The van der Waals surface area contributed by atoms with Gasteiger partial charge in [0.05, 0.1) is 18.2 Å². The molecule has 1 atom stereocenters. The fraction of sp³-hybridized carbons (Fsp3) is 0.412. The molecule has 1 N–H and O–H groups in total. The van der Waals surface area contributed by atoms with E-state index in [9.17, 15) is 9.59 Å². The highest BCUT2D eigenvalue weighted by Gasteiger charge is 2.35. The van der Waals surface area contributed by atoms with E-state index in [1.54, 1.807) is 14.0 Å². The highest BCUT2D eigenvalue weighted by Crippen LogP contribution is 2.32. The summed E-state index contributed by atoms with van der Waals surface area (Å²) in [5.74, 6) is -0.441. The van der Waals surface area contributed by atoms with E-state index < -0.39 is 12.0 Å². The Hall–Kier alpha value is -1.61. The van der Waals surface area contributed by atoms with Gasteiger partial charge in [-0.1, -0.05) is 18.2 Å². The van der Waals surface area contributed by atoms with Gasteiger partial charge in [0.1, 0.15) is 6.61 Å². The Morgan fingerprint density at radius 1 is 1.33 bits per heavy atom. The van der Waals surface area contributed by atoms with E-state index >= 15 is 0 Å². The Balaban J connectivity index is 2.32. The van der Waals surface area contributed by atoms with Crippen LogP contribution in [0.15, 0.2) is 35.5 Å². The normalized spacial score (nSPS) is 17.8. The molecule has 1 aliphatic rings. The van der Waals surface area contributed by atoms with E-state index in [1.165, 1.54) is 4.90 Å². The maximum absolute atomic E-state index is 12.6. The SMILES string of the molecule is CCOCCOC(=O)C1=C(C)N(C)C(=O)N[C@H]1c1ccccc1I. The van der Waals surface area contributed by atoms with Crippen molar-refractivity contribution in [3.05, 3.63) is 44.7 Å². The summed E-state index contributed by atoms with van der Waals surface area (Å²) in [7, 11) is 1.63. The maximum Gasteiger partial charge on any atom is 0.338 e. The Kier molecular flexibility index (Phi) is 6.61. The minimum atomic E-state index is -0.526. The van der Waals surface area contributed by atoms with Crippen molar-refractivity contribution in [1.29, 1.82) is 0 Å². The average Bonchev–Trinajstić information content (AvgIpc) is 2.56. The number of benzene rings is 1. The van der Waals surface area contributed by atoms with E-state index in [1.807, 2.05) is 31.2 Å². The predicted molar refractivity (Wildman–Crippen MR) is 98.3 cm³/mol. The fourth-order valence-electron chi connectivity index (χ4n) is 2.46. The number of nitrogens with one attached hydrogen (secondary N) is 1. The first kappa shape index (κ1) is 18.7. The van der Waals surface area contributed by atoms with Gasteiger partial charge >= 0.3 is 12.0 Å². The number of carbonyl (C=O) groups is 2. The third-order valence-corrected chi connectivity index (χ3v) is 4.84. The largest absolute Gasteiger partial charge is 0.460 e. The lowest BCUT2D eigenvalue weighted by Gasteiger charge is -2.33. The summed E-state index contributed by atoms with van der Waals surface area (Å²) < 4.78 is 11.5. The molecule has 0 radical (unpaired) electrons. The van der Waals surface area contributed by atoms with E-state index in [0.717, 1.165) is 9.13 Å². The summed E-state index contributed by atoms with van der Waals surface area (Å²) in [6, 6.07) is 6.87. The quantitative estimate of drug-likeness (QED) is 0.417. The van der Waals surface area contributed by atoms with Gasteiger partial charge < -0.3 is 19.7 Å². The van der Waals surface area contributed by atoms with Crippen LogP contribution >= 0.6 is 22.6 Å². The molecule has 0 aliphatic carbocycles. The summed E-state index contributed by atoms with van der Waals surface area (Å²) in [4.78, 5) is 26.2. The zero-order valence-electron chi connectivity index (χ0n) is 14.0. The lowest BCUT2D eigenvalue weighted by atomic mass is 9.95. The van der Waals surface area contributed by atoms with Gasteiger partial charge in [0.15, 0.2) is 0 Å². The van der Waals surface area contributed by atoms with Crippen molar-refractivity contribution in [3.63, 3.8) is 0 Å². The number of halogens is 1. The number of hydrogen-bond donors (Lipinski definition) is 1. The molecular formula is C17H21IN2O4. The number of nitrogens with zero attached hydrogens (tertiary/aromatic N) is 1. The number of hydrogen-bond acceptors (Lipinski definition) is 4. The minimum Gasteiger partial charge on any atom is -0.460 e. The molecule has 0 saturated carbocycles. The Morgan fingerprint density at radius 2 is 2.04 bits per heavy atom. The van der Waals surface area contributed by atoms with Crippen molar-refractivity contribution < 1.29 is 19.1 Å². The summed E-state index contributed by atoms with van der Waals surface area (Å²) in [5, 5.41) is 2.88. The molecule has 0 saturated heterocycles. The average molecular weight is 444 g/mol. The highest BCUT2D eigenvalue weighted by molar-refractivity contribution is 14.1. The number of ether oxygens (including phenoxy) is 2. The van der Waals surface area contributed by atoms with E-state index in [-0.39, 0.29) is 12.6 Å². The van der Waals surface area contributed by atoms with Crippen LogP contribution in [0.25, 0.3) is 0 Å². The van der Waals surface area contributed by atoms with Crippen LogP contribution in [-0.2, 0) is 14.3 Å². The smallest absolute Gasteiger partial charge is 0.338 e. The molecule has 0 aromatic heterocycles. The zero-order chi connectivity index (χ0) is 17.7. The number of amides is 2. The van der Waals surface area contributed by atoms with Gasteiger partial charge in [-0.15, -0.1) is 0 Å². The van der Waals surface area contributed by atoms with Crippen molar-refractivity contribution in [1.82, 2.24) is 10.2 Å². The lowest BCUT2D eigenvalue weighted by molar-refractivity contribution is -0.141. The second-order valence-electron chi connectivity index (χ2n) is 5.29. The van der Waals surface area contributed by atoms with Crippen molar-refractivity contribution in [2.45, 2.75) is 19.9 Å². The van der Waals surface area contributed by atoms with Gasteiger partial charge in [-0.2, -0.15) is 0 Å². The van der Waals surface area contributed by atoms with Crippen LogP contribution in [0, 0.1) is 3.57 Å². The van der Waals surface area contributed by atoms with E-state index in [0.29, 0.717) is 24.5 Å². The van der Waals surface area contributed by atoms with Crippen LogP contribution < -0.4 is 5.32 Å². The number of carbonyl (C=O) groups excluding carboxylic acids is 2. The van der Waals surface area contributed by atoms with Gasteiger partial charge in [0.2, 0.25) is 0 Å². The van der Waals surface area contributed by atoms with Crippen LogP contribution in [0.4, 0.5) is 4.79 Å². The second kappa shape index (κ2) is 8.48. The molecule has 1 aromatic carbocycles. The van der Waals surface area contributed by atoms with Crippen molar-refractivity contribution in [2.24, 2.45) is 0 Å². The zero-order valence-corrected chi connectivity index (χ0v) is 16.1. The maximum atomic E-state index is 12.6. The third-order valence-electron chi connectivity index (χ3n) is 3.86. The molecule has 130 valence electrons. The fourth-order valence-corrected chi connectivity index (χ4v) is 3.16. The summed E-state index contributed by atoms with van der Waals surface area (Å²) >= 11 is 2.20. The van der Waals surface area contributed by atoms with Crippen LogP contribution in [0.3, 0.4) is 0 Å². The molecule has 0 bridgehead atoms. The summed E-state index contributed by atoms with van der Waals surface area (Å²) in [5.41, 5.74) is 1.90. The first-order valence-corrected chi connectivity index (χ1v) is 8.79. The molecule has 0 unspecified atom stereocenters. The molecule has 6 nitrogen and oxygen atoms in total. The molecule has 0 fully saturated rings. The molecule has 1 aliphatic heterocycles. The molecule has 24 heavy (non-hydrogen) atoms. The first-order chi connectivity index (χ1) is 11.5. The highest BCUT2D eigenvalue weighted by atomic mass is 127. The Labute approximate surface area is 155 Å². The number of esters is 1. The van der Waals surface area contributed by atoms with Gasteiger partial charge in [-0.3, -0.25) is 0 Å². The third kappa shape index (κ3) is 4.07. The van der Waals surface area contributed by atoms with Gasteiger partial charge in [0, 0.05) is 22.9 Å². The van der Waals surface area contributed by atoms with Crippen LogP contribution in [0.1, 0.15) is 25.5 Å². The van der Waals surface area contributed by atoms with Crippen LogP contribution in [-0.4, -0.2) is 43.8 Å². The number of urea groups is 1. The standard InChI is InChI=1S/C17H21IN2O4/c1-4-23-9-10-24-16(21)14-11(2)20(3)17(22)19-15(14)12-7-5-6-8-13(12)18/h5-8,15H,4,9-10H2,1-3H3,(H,19,22)/t15-/m0/s1. The van der Waals surface area contributed by atoms with Gasteiger partial charge in [-0.05, 0) is 48.1 Å². The van der Waals surface area contributed by atoms with Crippen molar-refractivity contribution in [2.75, 3.05) is 26.9 Å². The van der Waals surface area contributed by atoms with E-state index in [4.69, 9.17) is 9.47 Å². The summed E-state index contributed by atoms with van der Waals surface area (Å²) in [6.07, 6.45) is 0. The van der Waals surface area contributed by atoms with Crippen LogP contribution in [0.5, 0.6) is 0 Å². The summed E-state index contributed by atoms with van der Waals surface area (Å²) in [6.45, 7) is 4.74. The predicted octanol–water partition coefficient (Wildman–Crippen LogP) is 2.84. The number of allylic oxidation sites excluding steroid dienone is 1. The Morgan fingerprint density at radius 3 is 2.71 bits per heavy atom. The topological polar surface area (TPSA) is 67.9 Å². The number of rotatable bonds is 6. The van der Waals surface area contributed by atoms with Crippen LogP contribution in [0.2, 0.25) is 0 Å². The molecule has 2 amide bonds. The lowest BCUT2D eigenvalue weighted by Crippen LogP contribution is -2.46. The van der Waals surface area contributed by atoms with Crippen molar-refractivity contribution in [3.8, 4) is 0 Å². The molecule has 1 heterocycles. The molecular weight excluding hydrogens is 423 g/mol. The van der Waals surface area contributed by atoms with Gasteiger partial charge in [-0.25, -0.2) is 9.59 Å². The molecule has 7 heteroatoms. The van der Waals surface area contributed by atoms with E-state index in [2.05, 4.69) is 27.9 Å². The monoisotopic (exact) mass is 444 g/mol. The first-order valence-electron chi connectivity index (χ1n) is 7.71.